The second-order valence-corrected chi connectivity index (χ2v) is 7.42. The summed E-state index contributed by atoms with van der Waals surface area (Å²) < 4.78 is 15.6. The predicted octanol–water partition coefficient (Wildman–Crippen LogP) is 2.92. The fourth-order valence-electron chi connectivity index (χ4n) is 4.21. The molecule has 1 N–H and O–H groups in total. The van der Waals surface area contributed by atoms with Crippen LogP contribution in [-0.2, 0) is 13.5 Å². The fourth-order valence-corrected chi connectivity index (χ4v) is 4.21. The van der Waals surface area contributed by atoms with Gasteiger partial charge in [-0.2, -0.15) is 5.10 Å². The maximum atomic E-state index is 13.7. The predicted molar refractivity (Wildman–Crippen MR) is 93.8 cm³/mol. The van der Waals surface area contributed by atoms with Crippen molar-refractivity contribution in [2.24, 2.45) is 13.0 Å². The molecule has 1 aromatic heterocycles. The molecule has 2 aromatic rings. The molecule has 0 unspecified atom stereocenters. The zero-order chi connectivity index (χ0) is 17.7. The van der Waals surface area contributed by atoms with Crippen molar-refractivity contribution >= 4 is 6.03 Å². The van der Waals surface area contributed by atoms with Crippen LogP contribution in [0.5, 0.6) is 0 Å². The lowest BCUT2D eigenvalue weighted by Crippen LogP contribution is -2.42. The Labute approximate surface area is 146 Å². The summed E-state index contributed by atoms with van der Waals surface area (Å²) in [4.78, 5) is 14.3. The number of likely N-dealkylation sites (tertiary alicyclic amines) is 1. The zero-order valence-corrected chi connectivity index (χ0v) is 14.8. The molecule has 1 aliphatic heterocycles. The lowest BCUT2D eigenvalue weighted by Gasteiger charge is -2.20. The van der Waals surface area contributed by atoms with E-state index in [4.69, 9.17) is 0 Å². The van der Waals surface area contributed by atoms with E-state index in [-0.39, 0.29) is 23.8 Å². The number of halogens is 1. The van der Waals surface area contributed by atoms with Crippen molar-refractivity contribution < 1.29 is 9.18 Å². The first kappa shape index (κ1) is 16.1. The molecular weight excluding hydrogens is 319 g/mol. The number of aromatic nitrogens is 2. The van der Waals surface area contributed by atoms with Crippen molar-refractivity contribution in [3.63, 3.8) is 0 Å². The third kappa shape index (κ3) is 2.69. The minimum atomic E-state index is -0.254. The lowest BCUT2D eigenvalue weighted by atomic mass is 9.94. The van der Waals surface area contributed by atoms with E-state index >= 15 is 0 Å². The van der Waals surface area contributed by atoms with Crippen molar-refractivity contribution in [1.82, 2.24) is 20.0 Å². The third-order valence-corrected chi connectivity index (χ3v) is 5.27. The van der Waals surface area contributed by atoms with Gasteiger partial charge in [0.1, 0.15) is 5.82 Å². The van der Waals surface area contributed by atoms with Gasteiger partial charge in [0.25, 0.3) is 0 Å². The average molecular weight is 342 g/mol. The number of hydrogen-bond acceptors (Lipinski definition) is 2. The highest BCUT2D eigenvalue weighted by Crippen LogP contribution is 2.46. The number of nitrogens with zero attached hydrogens (tertiary/aromatic N) is 3. The number of fused-ring (bicyclic) bond motifs is 3. The maximum absolute atomic E-state index is 13.7. The third-order valence-electron chi connectivity index (χ3n) is 5.27. The van der Waals surface area contributed by atoms with Crippen molar-refractivity contribution in [2.45, 2.75) is 32.2 Å². The van der Waals surface area contributed by atoms with E-state index in [9.17, 15) is 9.18 Å². The van der Waals surface area contributed by atoms with Crippen LogP contribution in [0.1, 0.15) is 31.0 Å². The van der Waals surface area contributed by atoms with E-state index in [1.807, 2.05) is 36.5 Å². The van der Waals surface area contributed by atoms with E-state index in [1.165, 1.54) is 23.4 Å². The Morgan fingerprint density at radius 2 is 2.16 bits per heavy atom. The SMILES string of the molecule is CC(C)NC(=O)N1C[C@H]2Cc3c(c(-c4cccc(F)c4)nn3C)[C@H]2C1. The summed E-state index contributed by atoms with van der Waals surface area (Å²) in [5, 5.41) is 7.63. The van der Waals surface area contributed by atoms with Gasteiger partial charge in [0.2, 0.25) is 0 Å². The van der Waals surface area contributed by atoms with Gasteiger partial charge in [-0.3, -0.25) is 4.68 Å². The monoisotopic (exact) mass is 342 g/mol. The van der Waals surface area contributed by atoms with Crippen LogP contribution in [0.25, 0.3) is 11.3 Å². The smallest absolute Gasteiger partial charge is 0.317 e. The van der Waals surface area contributed by atoms with E-state index in [1.54, 1.807) is 6.07 Å². The number of hydrogen-bond donors (Lipinski definition) is 1. The number of amides is 2. The zero-order valence-electron chi connectivity index (χ0n) is 14.8. The number of nitrogens with one attached hydrogen (secondary N) is 1. The fraction of sp³-hybridized carbons (Fsp3) is 0.474. The molecule has 2 atom stereocenters. The second-order valence-electron chi connectivity index (χ2n) is 7.42. The van der Waals surface area contributed by atoms with E-state index in [2.05, 4.69) is 10.4 Å². The number of benzene rings is 1. The lowest BCUT2D eigenvalue weighted by molar-refractivity contribution is 0.204. The Kier molecular flexibility index (Phi) is 3.78. The van der Waals surface area contributed by atoms with E-state index in [0.29, 0.717) is 12.5 Å². The Hall–Kier alpha value is -2.37. The molecular formula is C19H23FN4O. The highest BCUT2D eigenvalue weighted by Gasteiger charge is 2.45. The molecule has 1 aromatic carbocycles. The standard InChI is InChI=1S/C19H23FN4O/c1-11(2)21-19(25)24-9-13-8-16-17(15(13)10-24)18(22-23(16)3)12-5-4-6-14(20)7-12/h4-7,11,13,15H,8-10H2,1-3H3,(H,21,25)/t13-,15+/m1/s1. The van der Waals surface area contributed by atoms with E-state index in [0.717, 1.165) is 24.2 Å². The molecule has 1 aliphatic carbocycles. The van der Waals surface area contributed by atoms with Gasteiger partial charge in [-0.05, 0) is 38.3 Å². The Morgan fingerprint density at radius 3 is 2.88 bits per heavy atom. The Morgan fingerprint density at radius 1 is 1.36 bits per heavy atom. The van der Waals surface area contributed by atoms with E-state index < -0.39 is 0 Å². The molecule has 4 rings (SSSR count). The molecule has 0 spiro atoms. The number of carbonyl (C=O) groups excluding carboxylic acids is 1. The summed E-state index contributed by atoms with van der Waals surface area (Å²) in [6.07, 6.45) is 0.921. The average Bonchev–Trinajstić information content (AvgIpc) is 3.17. The molecule has 0 bridgehead atoms. The summed E-state index contributed by atoms with van der Waals surface area (Å²) in [5.74, 6) is 0.445. The van der Waals surface area contributed by atoms with Crippen LogP contribution in [0, 0.1) is 11.7 Å². The first-order valence-electron chi connectivity index (χ1n) is 8.81. The molecule has 1 saturated heterocycles. The molecule has 2 aliphatic rings. The van der Waals surface area contributed by atoms with Crippen LogP contribution < -0.4 is 5.32 Å². The summed E-state index contributed by atoms with van der Waals surface area (Å²) in [7, 11) is 1.95. The molecule has 2 amide bonds. The van der Waals surface area contributed by atoms with Gasteiger partial charge in [-0.25, -0.2) is 9.18 Å². The number of carbonyl (C=O) groups is 1. The van der Waals surface area contributed by atoms with Crippen molar-refractivity contribution in [1.29, 1.82) is 0 Å². The normalized spacial score (nSPS) is 21.6. The summed E-state index contributed by atoms with van der Waals surface area (Å²) in [5.41, 5.74) is 4.08. The molecule has 1 fully saturated rings. The minimum absolute atomic E-state index is 0.00199. The topological polar surface area (TPSA) is 50.2 Å². The molecule has 2 heterocycles. The van der Waals surface area contributed by atoms with Crippen molar-refractivity contribution in [3.05, 3.63) is 41.3 Å². The Balaban J connectivity index is 1.66. The van der Waals surface area contributed by atoms with Crippen LogP contribution in [0.3, 0.4) is 0 Å². The largest absolute Gasteiger partial charge is 0.336 e. The van der Waals surface area contributed by atoms with Crippen molar-refractivity contribution in [2.75, 3.05) is 13.1 Å². The summed E-state index contributed by atoms with van der Waals surface area (Å²) >= 11 is 0. The van der Waals surface area contributed by atoms with Crippen LogP contribution in [0.2, 0.25) is 0 Å². The van der Waals surface area contributed by atoms with Gasteiger partial charge in [0.05, 0.1) is 5.69 Å². The van der Waals surface area contributed by atoms with Gasteiger partial charge in [-0.15, -0.1) is 0 Å². The second kappa shape index (κ2) is 5.86. The first-order chi connectivity index (χ1) is 11.9. The highest BCUT2D eigenvalue weighted by atomic mass is 19.1. The minimum Gasteiger partial charge on any atom is -0.336 e. The molecule has 0 radical (unpaired) electrons. The van der Waals surface area contributed by atoms with Crippen LogP contribution in [0.15, 0.2) is 24.3 Å². The van der Waals surface area contributed by atoms with Crippen LogP contribution in [-0.4, -0.2) is 39.8 Å². The first-order valence-corrected chi connectivity index (χ1v) is 8.81. The Bertz CT molecular complexity index is 829. The molecule has 6 heteroatoms. The quantitative estimate of drug-likeness (QED) is 0.912. The molecule has 0 saturated carbocycles. The van der Waals surface area contributed by atoms with Gasteiger partial charge in [0, 0.05) is 48.9 Å². The van der Waals surface area contributed by atoms with Crippen LogP contribution in [0.4, 0.5) is 9.18 Å². The molecule has 132 valence electrons. The number of urea groups is 1. The van der Waals surface area contributed by atoms with Crippen LogP contribution >= 0.6 is 0 Å². The number of rotatable bonds is 2. The molecule has 25 heavy (non-hydrogen) atoms. The summed E-state index contributed by atoms with van der Waals surface area (Å²) in [6, 6.07) is 6.73. The van der Waals surface area contributed by atoms with Gasteiger partial charge in [-0.1, -0.05) is 12.1 Å². The number of aryl methyl sites for hydroxylation is 1. The molecule has 5 nitrogen and oxygen atoms in total. The summed E-state index contributed by atoms with van der Waals surface area (Å²) in [6.45, 7) is 5.40. The van der Waals surface area contributed by atoms with Gasteiger partial charge in [0.15, 0.2) is 0 Å². The maximum Gasteiger partial charge on any atom is 0.317 e. The highest BCUT2D eigenvalue weighted by molar-refractivity contribution is 5.75. The van der Waals surface area contributed by atoms with Crippen molar-refractivity contribution in [3.8, 4) is 11.3 Å². The van der Waals surface area contributed by atoms with Gasteiger partial charge < -0.3 is 10.2 Å². The van der Waals surface area contributed by atoms with Gasteiger partial charge >= 0.3 is 6.03 Å².